The van der Waals surface area contributed by atoms with Crippen LogP contribution in [0.2, 0.25) is 0 Å². The Morgan fingerprint density at radius 3 is 2.59 bits per heavy atom. The number of aromatic nitrogens is 2. The Hall–Kier alpha value is -1.77. The average Bonchev–Trinajstić information content (AvgIpc) is 2.34. The summed E-state index contributed by atoms with van der Waals surface area (Å²) in [6.45, 7) is 3.88. The molecule has 1 unspecified atom stereocenters. The lowest BCUT2D eigenvalue weighted by Crippen LogP contribution is -2.03. The van der Waals surface area contributed by atoms with Crippen molar-refractivity contribution in [1.29, 1.82) is 0 Å². The SMILES string of the molecule is Cc1cc(C(C)Cc2ncccn2)ccc1F. The van der Waals surface area contributed by atoms with E-state index < -0.39 is 0 Å². The molecule has 1 atom stereocenters. The zero-order valence-corrected chi connectivity index (χ0v) is 10.0. The summed E-state index contributed by atoms with van der Waals surface area (Å²) in [6, 6.07) is 7.04. The molecule has 2 aromatic rings. The fourth-order valence-electron chi connectivity index (χ4n) is 1.80. The van der Waals surface area contributed by atoms with E-state index in [4.69, 9.17) is 0 Å². The van der Waals surface area contributed by atoms with Gasteiger partial charge in [-0.25, -0.2) is 14.4 Å². The zero-order chi connectivity index (χ0) is 12.3. The molecule has 0 spiro atoms. The van der Waals surface area contributed by atoms with E-state index in [0.717, 1.165) is 17.8 Å². The van der Waals surface area contributed by atoms with E-state index in [1.165, 1.54) is 6.07 Å². The fourth-order valence-corrected chi connectivity index (χ4v) is 1.80. The minimum absolute atomic E-state index is 0.156. The Balaban J connectivity index is 2.14. The van der Waals surface area contributed by atoms with Crippen molar-refractivity contribution in [3.63, 3.8) is 0 Å². The lowest BCUT2D eigenvalue weighted by molar-refractivity contribution is 0.615. The normalized spacial score (nSPS) is 12.4. The number of aryl methyl sites for hydroxylation is 1. The molecule has 0 saturated carbocycles. The van der Waals surface area contributed by atoms with Crippen molar-refractivity contribution in [2.24, 2.45) is 0 Å². The number of hydrogen-bond donors (Lipinski definition) is 0. The molecule has 0 aliphatic carbocycles. The van der Waals surface area contributed by atoms with E-state index in [9.17, 15) is 4.39 Å². The fraction of sp³-hybridized carbons (Fsp3) is 0.286. The van der Waals surface area contributed by atoms with Gasteiger partial charge in [-0.2, -0.15) is 0 Å². The molecule has 88 valence electrons. The van der Waals surface area contributed by atoms with Crippen LogP contribution in [0.1, 0.15) is 29.8 Å². The second kappa shape index (κ2) is 5.04. The topological polar surface area (TPSA) is 25.8 Å². The molecule has 1 aromatic heterocycles. The smallest absolute Gasteiger partial charge is 0.128 e. The van der Waals surface area contributed by atoms with Gasteiger partial charge in [0, 0.05) is 18.8 Å². The van der Waals surface area contributed by atoms with E-state index in [1.807, 2.05) is 12.1 Å². The second-order valence-corrected chi connectivity index (χ2v) is 4.28. The number of rotatable bonds is 3. The molecule has 3 heteroatoms. The zero-order valence-electron chi connectivity index (χ0n) is 10.0. The molecule has 0 fully saturated rings. The Morgan fingerprint density at radius 2 is 1.94 bits per heavy atom. The van der Waals surface area contributed by atoms with Gasteiger partial charge >= 0.3 is 0 Å². The molecule has 0 radical (unpaired) electrons. The first-order valence-corrected chi connectivity index (χ1v) is 5.69. The molecule has 0 saturated heterocycles. The van der Waals surface area contributed by atoms with Crippen LogP contribution in [-0.2, 0) is 6.42 Å². The molecular weight excluding hydrogens is 215 g/mol. The number of benzene rings is 1. The van der Waals surface area contributed by atoms with E-state index in [2.05, 4.69) is 16.9 Å². The molecule has 2 rings (SSSR count). The maximum Gasteiger partial charge on any atom is 0.128 e. The molecule has 0 aliphatic heterocycles. The standard InChI is InChI=1S/C14H15FN2/c1-10(9-14-16-6-3-7-17-14)12-4-5-13(15)11(2)8-12/h3-8,10H,9H2,1-2H3. The van der Waals surface area contributed by atoms with E-state index >= 15 is 0 Å². The van der Waals surface area contributed by atoms with Gasteiger partial charge in [0.05, 0.1) is 0 Å². The predicted molar refractivity (Wildman–Crippen MR) is 65.3 cm³/mol. The Labute approximate surface area is 101 Å². The highest BCUT2D eigenvalue weighted by Gasteiger charge is 2.09. The monoisotopic (exact) mass is 230 g/mol. The lowest BCUT2D eigenvalue weighted by atomic mass is 9.96. The Morgan fingerprint density at radius 1 is 1.24 bits per heavy atom. The minimum Gasteiger partial charge on any atom is -0.241 e. The highest BCUT2D eigenvalue weighted by Crippen LogP contribution is 2.20. The molecule has 2 nitrogen and oxygen atoms in total. The van der Waals surface area contributed by atoms with Gasteiger partial charge in [-0.3, -0.25) is 0 Å². The molecule has 0 N–H and O–H groups in total. The summed E-state index contributed by atoms with van der Waals surface area (Å²) in [4.78, 5) is 8.40. The quantitative estimate of drug-likeness (QED) is 0.808. The van der Waals surface area contributed by atoms with Gasteiger partial charge in [0.15, 0.2) is 0 Å². The van der Waals surface area contributed by atoms with E-state index in [-0.39, 0.29) is 11.7 Å². The summed E-state index contributed by atoms with van der Waals surface area (Å²) in [5, 5.41) is 0. The van der Waals surface area contributed by atoms with Crippen molar-refractivity contribution in [3.8, 4) is 0 Å². The second-order valence-electron chi connectivity index (χ2n) is 4.28. The van der Waals surface area contributed by atoms with Crippen molar-refractivity contribution in [2.45, 2.75) is 26.2 Å². The van der Waals surface area contributed by atoms with Crippen LogP contribution in [-0.4, -0.2) is 9.97 Å². The summed E-state index contributed by atoms with van der Waals surface area (Å²) in [5.41, 5.74) is 1.81. The third-order valence-corrected chi connectivity index (χ3v) is 2.86. The maximum absolute atomic E-state index is 13.2. The van der Waals surface area contributed by atoms with Crippen molar-refractivity contribution in [2.75, 3.05) is 0 Å². The van der Waals surface area contributed by atoms with E-state index in [1.54, 1.807) is 25.4 Å². The summed E-state index contributed by atoms with van der Waals surface area (Å²) >= 11 is 0. The number of halogens is 1. The van der Waals surface area contributed by atoms with Crippen LogP contribution < -0.4 is 0 Å². The van der Waals surface area contributed by atoms with Crippen LogP contribution in [0.5, 0.6) is 0 Å². The average molecular weight is 230 g/mol. The molecular formula is C14H15FN2. The van der Waals surface area contributed by atoms with E-state index in [0.29, 0.717) is 5.56 Å². The summed E-state index contributed by atoms with van der Waals surface area (Å²) in [7, 11) is 0. The van der Waals surface area contributed by atoms with Gasteiger partial charge < -0.3 is 0 Å². The van der Waals surface area contributed by atoms with Crippen molar-refractivity contribution < 1.29 is 4.39 Å². The summed E-state index contributed by atoms with van der Waals surface area (Å²) in [5.74, 6) is 0.954. The summed E-state index contributed by atoms with van der Waals surface area (Å²) < 4.78 is 13.2. The molecule has 0 bridgehead atoms. The first-order chi connectivity index (χ1) is 8.16. The number of hydrogen-bond acceptors (Lipinski definition) is 2. The third kappa shape index (κ3) is 2.87. The van der Waals surface area contributed by atoms with Gasteiger partial charge in [0.1, 0.15) is 11.6 Å². The van der Waals surface area contributed by atoms with Crippen molar-refractivity contribution in [3.05, 3.63) is 59.4 Å². The third-order valence-electron chi connectivity index (χ3n) is 2.86. The van der Waals surface area contributed by atoms with Crippen LogP contribution >= 0.6 is 0 Å². The Bertz CT molecular complexity index is 497. The van der Waals surface area contributed by atoms with Gasteiger partial charge in [-0.15, -0.1) is 0 Å². The van der Waals surface area contributed by atoms with Crippen LogP contribution in [0.4, 0.5) is 4.39 Å². The van der Waals surface area contributed by atoms with Gasteiger partial charge in [0.25, 0.3) is 0 Å². The van der Waals surface area contributed by atoms with Crippen LogP contribution in [0.15, 0.2) is 36.7 Å². The molecule has 0 amide bonds. The van der Waals surface area contributed by atoms with Gasteiger partial charge in [-0.05, 0) is 36.1 Å². The maximum atomic E-state index is 13.2. The molecule has 1 heterocycles. The molecule has 1 aromatic carbocycles. The minimum atomic E-state index is -0.156. The molecule has 17 heavy (non-hydrogen) atoms. The van der Waals surface area contributed by atoms with Crippen LogP contribution in [0.25, 0.3) is 0 Å². The van der Waals surface area contributed by atoms with Crippen molar-refractivity contribution in [1.82, 2.24) is 9.97 Å². The van der Waals surface area contributed by atoms with Gasteiger partial charge in [-0.1, -0.05) is 19.1 Å². The van der Waals surface area contributed by atoms with Crippen LogP contribution in [0, 0.1) is 12.7 Å². The van der Waals surface area contributed by atoms with Gasteiger partial charge in [0.2, 0.25) is 0 Å². The van der Waals surface area contributed by atoms with Crippen LogP contribution in [0.3, 0.4) is 0 Å². The highest BCUT2D eigenvalue weighted by atomic mass is 19.1. The Kier molecular flexibility index (Phi) is 3.47. The number of nitrogens with zero attached hydrogens (tertiary/aromatic N) is 2. The first kappa shape index (κ1) is 11.7. The first-order valence-electron chi connectivity index (χ1n) is 5.69. The molecule has 0 aliphatic rings. The largest absolute Gasteiger partial charge is 0.241 e. The predicted octanol–water partition coefficient (Wildman–Crippen LogP) is 3.27. The van der Waals surface area contributed by atoms with Crippen molar-refractivity contribution >= 4 is 0 Å². The lowest BCUT2D eigenvalue weighted by Gasteiger charge is -2.11. The highest BCUT2D eigenvalue weighted by molar-refractivity contribution is 5.27. The summed E-state index contributed by atoms with van der Waals surface area (Å²) in [6.07, 6.45) is 4.25.